The van der Waals surface area contributed by atoms with Gasteiger partial charge in [0.1, 0.15) is 12.4 Å². The molecule has 3 atom stereocenters. The fraction of sp³-hybridized carbons (Fsp3) is 0.407. The summed E-state index contributed by atoms with van der Waals surface area (Å²) in [6, 6.07) is 14.2. The minimum atomic E-state index is -4.58. The Balaban J connectivity index is 1.72. The van der Waals surface area contributed by atoms with Crippen LogP contribution in [0.2, 0.25) is 0 Å². The van der Waals surface area contributed by atoms with Crippen molar-refractivity contribution in [1.29, 1.82) is 0 Å². The molecule has 0 bridgehead atoms. The average molecular weight is 549 g/mol. The molecular formula is C27H28F4N4O4. The molecule has 3 amide bonds. The van der Waals surface area contributed by atoms with Gasteiger partial charge in [0.2, 0.25) is 18.0 Å². The summed E-state index contributed by atoms with van der Waals surface area (Å²) in [7, 11) is 0. The molecule has 3 N–H and O–H groups in total. The quantitative estimate of drug-likeness (QED) is 0.443. The van der Waals surface area contributed by atoms with Crippen LogP contribution in [0, 0.1) is 11.8 Å². The number of nitrogens with two attached hydrogens (primary N) is 1. The van der Waals surface area contributed by atoms with E-state index in [0.29, 0.717) is 28.3 Å². The molecule has 0 saturated carbocycles. The zero-order chi connectivity index (χ0) is 28.2. The largest absolute Gasteiger partial charge is 0.490 e. The number of nitrogens with one attached hydrogen (secondary N) is 1. The molecule has 2 aromatic carbocycles. The summed E-state index contributed by atoms with van der Waals surface area (Å²) >= 11 is 0. The third-order valence-electron chi connectivity index (χ3n) is 6.76. The normalized spacial score (nSPS) is 18.3. The van der Waals surface area contributed by atoms with Crippen molar-refractivity contribution in [2.75, 3.05) is 24.7 Å². The molecule has 208 valence electrons. The first-order chi connectivity index (χ1) is 18.6. The Labute approximate surface area is 222 Å². The summed E-state index contributed by atoms with van der Waals surface area (Å²) in [6.07, 6.45) is -8.53. The second kappa shape index (κ2) is 11.8. The molecule has 4 rings (SSSR count). The monoisotopic (exact) mass is 548 g/mol. The van der Waals surface area contributed by atoms with Crippen LogP contribution in [0.4, 0.5) is 23.2 Å². The van der Waals surface area contributed by atoms with Crippen LogP contribution in [0.15, 0.2) is 53.5 Å². The van der Waals surface area contributed by atoms with E-state index in [2.05, 4.69) is 10.3 Å². The highest BCUT2D eigenvalue weighted by molar-refractivity contribution is 6.21. The summed E-state index contributed by atoms with van der Waals surface area (Å²) in [5.41, 5.74) is 7.52. The molecule has 0 unspecified atom stereocenters. The number of amides is 3. The summed E-state index contributed by atoms with van der Waals surface area (Å²) in [5, 5.41) is 2.52. The zero-order valence-electron chi connectivity index (χ0n) is 20.9. The molecule has 0 aliphatic carbocycles. The minimum absolute atomic E-state index is 0.174. The zero-order valence-corrected chi connectivity index (χ0v) is 20.9. The third kappa shape index (κ3) is 6.37. The van der Waals surface area contributed by atoms with E-state index in [4.69, 9.17) is 10.5 Å². The number of rotatable bonds is 10. The summed E-state index contributed by atoms with van der Waals surface area (Å²) < 4.78 is 57.6. The maximum absolute atomic E-state index is 13.7. The van der Waals surface area contributed by atoms with Crippen LogP contribution in [0.5, 0.6) is 5.75 Å². The van der Waals surface area contributed by atoms with Crippen molar-refractivity contribution in [2.24, 2.45) is 22.6 Å². The lowest BCUT2D eigenvalue weighted by molar-refractivity contribution is -0.146. The molecule has 0 spiro atoms. The third-order valence-corrected chi connectivity index (χ3v) is 6.76. The number of carbonyl (C=O) groups is 3. The topological polar surface area (TPSA) is 114 Å². The van der Waals surface area contributed by atoms with Gasteiger partial charge in [-0.2, -0.15) is 13.2 Å². The predicted octanol–water partition coefficient (Wildman–Crippen LogP) is 3.52. The fourth-order valence-corrected chi connectivity index (χ4v) is 4.92. The molecule has 8 nitrogen and oxygen atoms in total. The van der Waals surface area contributed by atoms with Crippen molar-refractivity contribution < 1.29 is 36.7 Å². The maximum atomic E-state index is 13.7. The number of hydrogen-bond donors (Lipinski definition) is 2. The van der Waals surface area contributed by atoms with Gasteiger partial charge in [0.05, 0.1) is 24.6 Å². The molecule has 0 fully saturated rings. The number of hydrogen-bond acceptors (Lipinski definition) is 5. The molecule has 2 aromatic rings. The lowest BCUT2D eigenvalue weighted by Gasteiger charge is -2.31. The molecule has 0 saturated heterocycles. The van der Waals surface area contributed by atoms with E-state index in [-0.39, 0.29) is 26.0 Å². The van der Waals surface area contributed by atoms with E-state index in [0.717, 1.165) is 0 Å². The molecule has 2 heterocycles. The van der Waals surface area contributed by atoms with Gasteiger partial charge in [-0.15, -0.1) is 0 Å². The lowest BCUT2D eigenvalue weighted by Crippen LogP contribution is -2.52. The van der Waals surface area contributed by atoms with Gasteiger partial charge in [-0.3, -0.25) is 18.8 Å². The number of carbonyl (C=O) groups excluding carboxylic acids is 3. The van der Waals surface area contributed by atoms with Crippen molar-refractivity contribution in [2.45, 2.75) is 38.0 Å². The molecule has 2 aliphatic rings. The highest BCUT2D eigenvalue weighted by Crippen LogP contribution is 2.39. The Morgan fingerprint density at radius 1 is 1.10 bits per heavy atom. The first-order valence-electron chi connectivity index (χ1n) is 12.5. The van der Waals surface area contributed by atoms with Crippen molar-refractivity contribution in [3.05, 3.63) is 59.7 Å². The molecule has 0 aromatic heterocycles. The number of primary amides is 1. The first kappa shape index (κ1) is 28.1. The van der Waals surface area contributed by atoms with Crippen molar-refractivity contribution in [3.8, 4) is 5.75 Å². The van der Waals surface area contributed by atoms with Gasteiger partial charge in [-0.1, -0.05) is 42.5 Å². The summed E-state index contributed by atoms with van der Waals surface area (Å²) in [5.74, 6) is -5.02. The smallest absolute Gasteiger partial charge is 0.389 e. The van der Waals surface area contributed by atoms with Gasteiger partial charge in [0, 0.05) is 29.4 Å². The Morgan fingerprint density at radius 3 is 2.51 bits per heavy atom. The van der Waals surface area contributed by atoms with E-state index in [9.17, 15) is 31.9 Å². The van der Waals surface area contributed by atoms with E-state index < -0.39 is 61.4 Å². The lowest BCUT2D eigenvalue weighted by atomic mass is 9.83. The maximum Gasteiger partial charge on any atom is 0.389 e. The van der Waals surface area contributed by atoms with Crippen LogP contribution in [-0.4, -0.2) is 55.6 Å². The van der Waals surface area contributed by atoms with E-state index in [1.807, 2.05) is 0 Å². The second-order valence-electron chi connectivity index (χ2n) is 9.35. The van der Waals surface area contributed by atoms with Crippen LogP contribution in [0.25, 0.3) is 0 Å². The Hall–Kier alpha value is -3.96. The number of aliphatic imine (C=N–C) groups is 1. The number of benzene rings is 2. The van der Waals surface area contributed by atoms with Crippen molar-refractivity contribution in [3.63, 3.8) is 0 Å². The predicted molar refractivity (Wildman–Crippen MR) is 135 cm³/mol. The standard InChI is InChI=1S/C27H28F4N4O4/c28-13-5-9-18(17(23(32)36)11-12-27(29,30)31)25(37)34-24-26(38)35-14-15-39-20-10-4-8-19(22(20)35)21(33-24)16-6-2-1-3-7-16/h1-4,6-8,10,17-18,24H,5,9,11-15H2,(H2,32,36)(H,34,37)/t17-,18+,24-/m1/s1. The SMILES string of the molecule is NC(=O)[C@H](CCC(F)(F)F)[C@H](CCCF)C(=O)N[C@H]1N=C(c2ccccc2)c2cccc3c2N(CCO3)C1=O. The number of ether oxygens (including phenoxy) is 1. The van der Waals surface area contributed by atoms with E-state index >= 15 is 0 Å². The van der Waals surface area contributed by atoms with Crippen LogP contribution in [-0.2, 0) is 14.4 Å². The van der Waals surface area contributed by atoms with Gasteiger partial charge < -0.3 is 20.7 Å². The number of nitrogens with zero attached hydrogens (tertiary/aromatic N) is 2. The molecule has 12 heteroatoms. The number of anilines is 1. The van der Waals surface area contributed by atoms with Crippen LogP contribution < -0.4 is 20.7 Å². The second-order valence-corrected chi connectivity index (χ2v) is 9.35. The molecule has 2 aliphatic heterocycles. The summed E-state index contributed by atoms with van der Waals surface area (Å²) in [6.45, 7) is -0.476. The number of alkyl halides is 4. The van der Waals surface area contributed by atoms with Gasteiger partial charge in [-0.05, 0) is 25.3 Å². The van der Waals surface area contributed by atoms with Crippen molar-refractivity contribution >= 4 is 29.1 Å². The van der Waals surface area contributed by atoms with Crippen LogP contribution >= 0.6 is 0 Å². The molecule has 0 radical (unpaired) electrons. The molecule has 39 heavy (non-hydrogen) atoms. The number of halogens is 4. The van der Waals surface area contributed by atoms with Crippen LogP contribution in [0.3, 0.4) is 0 Å². The van der Waals surface area contributed by atoms with Crippen LogP contribution in [0.1, 0.15) is 36.8 Å². The van der Waals surface area contributed by atoms with Gasteiger partial charge in [0.15, 0.2) is 0 Å². The average Bonchev–Trinajstić information content (AvgIpc) is 3.02. The van der Waals surface area contributed by atoms with Crippen molar-refractivity contribution in [1.82, 2.24) is 5.32 Å². The highest BCUT2D eigenvalue weighted by Gasteiger charge is 2.40. The Kier molecular flexibility index (Phi) is 8.51. The van der Waals surface area contributed by atoms with Gasteiger partial charge in [-0.25, -0.2) is 4.99 Å². The highest BCUT2D eigenvalue weighted by atomic mass is 19.4. The Bertz CT molecular complexity index is 1250. The Morgan fingerprint density at radius 2 is 1.85 bits per heavy atom. The number of para-hydroxylation sites is 1. The first-order valence-corrected chi connectivity index (χ1v) is 12.5. The van der Waals surface area contributed by atoms with Gasteiger partial charge >= 0.3 is 6.18 Å². The fourth-order valence-electron chi connectivity index (χ4n) is 4.92. The summed E-state index contributed by atoms with van der Waals surface area (Å²) in [4.78, 5) is 45.3. The van der Waals surface area contributed by atoms with E-state index in [1.165, 1.54) is 4.90 Å². The van der Waals surface area contributed by atoms with E-state index in [1.54, 1.807) is 48.5 Å². The van der Waals surface area contributed by atoms with Gasteiger partial charge in [0.25, 0.3) is 5.91 Å². The minimum Gasteiger partial charge on any atom is -0.490 e. The molecular weight excluding hydrogens is 520 g/mol.